The summed E-state index contributed by atoms with van der Waals surface area (Å²) in [6, 6.07) is 17.2. The van der Waals surface area contributed by atoms with Gasteiger partial charge in [0.25, 0.3) is 0 Å². The first kappa shape index (κ1) is 16.7. The molecule has 1 N–H and O–H groups in total. The van der Waals surface area contributed by atoms with E-state index in [-0.39, 0.29) is 4.90 Å². The van der Waals surface area contributed by atoms with Crippen LogP contribution in [-0.2, 0) is 21.2 Å². The number of fused-ring (bicyclic) bond motifs is 1. The molecule has 132 valence electrons. The van der Waals surface area contributed by atoms with E-state index in [0.29, 0.717) is 12.4 Å². The average molecular weight is 358 g/mol. The zero-order valence-electron chi connectivity index (χ0n) is 14.0. The minimum Gasteiger partial charge on any atom is -0.593 e. The van der Waals surface area contributed by atoms with Gasteiger partial charge < -0.3 is 9.29 Å². The predicted octanol–water partition coefficient (Wildman–Crippen LogP) is 2.61. The van der Waals surface area contributed by atoms with Crippen molar-refractivity contribution in [3.05, 3.63) is 60.2 Å². The van der Waals surface area contributed by atoms with Gasteiger partial charge in [0.2, 0.25) is 4.90 Å². The fraction of sp³-hybridized carbons (Fsp3) is 0.368. The molecule has 0 aromatic heterocycles. The van der Waals surface area contributed by atoms with Crippen LogP contribution in [0, 0.1) is 0 Å². The molecular formula is C19H22N2O3S. The van der Waals surface area contributed by atoms with Crippen LogP contribution in [0.25, 0.3) is 0 Å². The lowest BCUT2D eigenvalue weighted by molar-refractivity contribution is 0.102. The number of nitrogens with zero attached hydrogens (tertiary/aromatic N) is 1. The van der Waals surface area contributed by atoms with Crippen LogP contribution < -0.4 is 9.46 Å². The summed E-state index contributed by atoms with van der Waals surface area (Å²) in [5, 5.41) is 0. The van der Waals surface area contributed by atoms with Crippen molar-refractivity contribution in [3.8, 4) is 5.75 Å². The zero-order valence-corrected chi connectivity index (χ0v) is 14.8. The molecule has 2 aromatic carbocycles. The van der Waals surface area contributed by atoms with Crippen LogP contribution in [0.1, 0.15) is 18.4 Å². The van der Waals surface area contributed by atoms with Crippen molar-refractivity contribution < 1.29 is 13.5 Å². The van der Waals surface area contributed by atoms with E-state index >= 15 is 0 Å². The van der Waals surface area contributed by atoms with Gasteiger partial charge in [-0.1, -0.05) is 46.7 Å². The molecule has 2 aromatic rings. The Labute approximate surface area is 149 Å². The highest BCUT2D eigenvalue weighted by Gasteiger charge is 2.45. The van der Waals surface area contributed by atoms with Gasteiger partial charge in [-0.25, -0.2) is 0 Å². The Kier molecular flexibility index (Phi) is 4.37. The first-order chi connectivity index (χ1) is 12.1. The molecule has 6 heteroatoms. The van der Waals surface area contributed by atoms with E-state index in [4.69, 9.17) is 4.74 Å². The lowest BCUT2D eigenvalue weighted by atomic mass is 9.89. The molecule has 0 aliphatic carbocycles. The van der Waals surface area contributed by atoms with Crippen LogP contribution in [0.15, 0.2) is 59.5 Å². The molecule has 0 saturated carbocycles. The second kappa shape index (κ2) is 6.53. The van der Waals surface area contributed by atoms with Gasteiger partial charge in [-0.3, -0.25) is 4.90 Å². The molecule has 1 fully saturated rings. The van der Waals surface area contributed by atoms with Gasteiger partial charge in [0.15, 0.2) is 16.1 Å². The van der Waals surface area contributed by atoms with E-state index in [1.54, 1.807) is 24.3 Å². The Morgan fingerprint density at radius 2 is 1.76 bits per heavy atom. The van der Waals surface area contributed by atoms with Crippen molar-refractivity contribution in [1.29, 1.82) is 0 Å². The van der Waals surface area contributed by atoms with Crippen LogP contribution in [0.5, 0.6) is 5.75 Å². The van der Waals surface area contributed by atoms with Crippen LogP contribution in [0.3, 0.4) is 0 Å². The normalized spacial score (nSPS) is 25.8. The Morgan fingerprint density at radius 3 is 2.52 bits per heavy atom. The van der Waals surface area contributed by atoms with E-state index in [1.165, 1.54) is 5.56 Å². The molecule has 5 nitrogen and oxygen atoms in total. The number of sulfonamides is 1. The summed E-state index contributed by atoms with van der Waals surface area (Å²) in [6.45, 7) is 2.96. The van der Waals surface area contributed by atoms with Gasteiger partial charge >= 0.3 is 0 Å². The molecule has 1 unspecified atom stereocenters. The number of ether oxygens (including phenoxy) is 1. The summed E-state index contributed by atoms with van der Waals surface area (Å²) < 4.78 is 34.3. The summed E-state index contributed by atoms with van der Waals surface area (Å²) in [5.41, 5.74) is 0.758. The molecule has 0 radical (unpaired) electrons. The Bertz CT molecular complexity index is 788. The molecule has 2 aliphatic heterocycles. The largest absolute Gasteiger partial charge is 0.593 e. The van der Waals surface area contributed by atoms with Gasteiger partial charge in [0.05, 0.1) is 5.54 Å². The zero-order chi connectivity index (χ0) is 17.3. The third kappa shape index (κ3) is 3.48. The Morgan fingerprint density at radius 1 is 1.08 bits per heavy atom. The molecule has 1 saturated heterocycles. The second-order valence-corrected chi connectivity index (χ2v) is 8.53. The minimum absolute atomic E-state index is 0.235. The number of likely N-dealkylation sites (tertiary alicyclic amines) is 1. The molecule has 2 aliphatic rings. The van der Waals surface area contributed by atoms with Crippen molar-refractivity contribution in [3.63, 3.8) is 0 Å². The molecule has 1 atom stereocenters. The Balaban J connectivity index is 1.47. The smallest absolute Gasteiger partial charge is 0.216 e. The topological polar surface area (TPSA) is 64.6 Å². The van der Waals surface area contributed by atoms with Crippen molar-refractivity contribution in [2.45, 2.75) is 29.8 Å². The second-order valence-electron chi connectivity index (χ2n) is 6.88. The predicted molar refractivity (Wildman–Crippen MR) is 95.9 cm³/mol. The van der Waals surface area contributed by atoms with E-state index in [1.807, 2.05) is 18.2 Å². The molecular weight excluding hydrogens is 336 g/mol. The van der Waals surface area contributed by atoms with E-state index in [2.05, 4.69) is 21.8 Å². The van der Waals surface area contributed by atoms with Crippen LogP contribution in [0.2, 0.25) is 0 Å². The number of para-hydroxylation sites is 1. The van der Waals surface area contributed by atoms with Crippen molar-refractivity contribution in [2.75, 3.05) is 19.7 Å². The summed E-state index contributed by atoms with van der Waals surface area (Å²) in [7, 11) is -3.56. The highest BCUT2D eigenvalue weighted by molar-refractivity contribution is 7.96. The van der Waals surface area contributed by atoms with E-state index in [9.17, 15) is 8.76 Å². The molecule has 0 amide bonds. The summed E-state index contributed by atoms with van der Waals surface area (Å²) in [6.07, 6.45) is 1.49. The maximum atomic E-state index is 12.7. The maximum absolute atomic E-state index is 12.7. The van der Waals surface area contributed by atoms with Gasteiger partial charge in [-0.05, 0) is 30.5 Å². The van der Waals surface area contributed by atoms with Gasteiger partial charge in [-0.2, -0.15) is 0 Å². The fourth-order valence-corrected chi connectivity index (χ4v) is 5.20. The first-order valence-corrected chi connectivity index (χ1v) is 10.1. The molecule has 0 bridgehead atoms. The molecule has 1 spiro atoms. The number of nitrogens with one attached hydrogen (secondary N) is 1. The highest BCUT2D eigenvalue weighted by atomic mass is 32.3. The third-order valence-electron chi connectivity index (χ3n) is 5.06. The van der Waals surface area contributed by atoms with Crippen LogP contribution >= 0.6 is 0 Å². The lowest BCUT2D eigenvalue weighted by Crippen LogP contribution is -2.58. The van der Waals surface area contributed by atoms with Gasteiger partial charge in [0, 0.05) is 19.6 Å². The summed E-state index contributed by atoms with van der Waals surface area (Å²) in [5.74, 6) is 0.443. The number of benzene rings is 2. The number of piperidine rings is 1. The van der Waals surface area contributed by atoms with Crippen LogP contribution in [-0.4, -0.2) is 34.7 Å². The van der Waals surface area contributed by atoms with Gasteiger partial charge in [0.1, 0.15) is 6.61 Å². The maximum Gasteiger partial charge on any atom is 0.216 e. The quantitative estimate of drug-likeness (QED) is 0.838. The lowest BCUT2D eigenvalue weighted by Gasteiger charge is -2.40. The van der Waals surface area contributed by atoms with E-state index < -0.39 is 15.9 Å². The molecule has 2 heterocycles. The van der Waals surface area contributed by atoms with Gasteiger partial charge in [-0.15, -0.1) is 4.72 Å². The van der Waals surface area contributed by atoms with Crippen molar-refractivity contribution in [1.82, 2.24) is 9.62 Å². The number of hydrogen-bond donors (Lipinski definition) is 1. The molecule has 25 heavy (non-hydrogen) atoms. The highest BCUT2D eigenvalue weighted by Crippen LogP contribution is 2.35. The number of rotatable bonds is 2. The first-order valence-electron chi connectivity index (χ1n) is 8.59. The Hall–Kier alpha value is -1.73. The molecule has 4 rings (SSSR count). The summed E-state index contributed by atoms with van der Waals surface area (Å²) >= 11 is 0. The average Bonchev–Trinajstić information content (AvgIpc) is 2.73. The monoisotopic (exact) mass is 358 g/mol. The van der Waals surface area contributed by atoms with E-state index in [0.717, 1.165) is 32.5 Å². The van der Waals surface area contributed by atoms with Crippen molar-refractivity contribution >= 4 is 10.4 Å². The standard InChI is InChI=1S/C19H22N2O3S/c22-25(23)18-9-5-4-8-17(18)24-15-19(20-25)10-12-21(13-11-19)14-16-6-2-1-3-7-16/h1-9H,10-15H2,(H-,20,22,23). The van der Waals surface area contributed by atoms with Crippen LogP contribution in [0.4, 0.5) is 0 Å². The summed E-state index contributed by atoms with van der Waals surface area (Å²) in [4.78, 5) is 2.60. The minimum atomic E-state index is -3.56. The SMILES string of the molecule is O=[S+]1([O-])NC2(CCN(Cc3ccccc3)CC2)COc2ccccc21. The fourth-order valence-electron chi connectivity index (χ4n) is 3.60. The third-order valence-corrected chi connectivity index (χ3v) is 6.67. The number of hydrogen-bond acceptors (Lipinski definition) is 4. The van der Waals surface area contributed by atoms with Crippen molar-refractivity contribution in [2.24, 2.45) is 0 Å².